The molecule has 3 heteroatoms. The molecule has 0 rings (SSSR count). The molecule has 60 valence electrons. The molecule has 0 aliphatic carbocycles. The van der Waals surface area contributed by atoms with Gasteiger partial charge in [-0.15, -0.1) is 0 Å². The third-order valence-corrected chi connectivity index (χ3v) is 1.64. The van der Waals surface area contributed by atoms with Gasteiger partial charge in [-0.05, 0) is 12.3 Å². The highest BCUT2D eigenvalue weighted by Crippen LogP contribution is 2.08. The summed E-state index contributed by atoms with van der Waals surface area (Å²) in [5, 5.41) is 8.45. The van der Waals surface area contributed by atoms with Gasteiger partial charge in [-0.3, -0.25) is 4.79 Å². The fraction of sp³-hybridized carbons (Fsp3) is 0.857. The second-order valence-electron chi connectivity index (χ2n) is 2.63. The fourth-order valence-corrected chi connectivity index (χ4v) is 0.878. The van der Waals surface area contributed by atoms with Gasteiger partial charge in [-0.25, -0.2) is 0 Å². The summed E-state index contributed by atoms with van der Waals surface area (Å²) in [5.74, 6) is -0.816. The number of hydrogen-bond donors (Lipinski definition) is 2. The molecule has 2 atom stereocenters. The van der Waals surface area contributed by atoms with Crippen LogP contribution in [0.3, 0.4) is 0 Å². The summed E-state index contributed by atoms with van der Waals surface area (Å²) in [6, 6.07) is -0.694. The first-order chi connectivity index (χ1) is 4.59. The van der Waals surface area contributed by atoms with Crippen LogP contribution < -0.4 is 5.73 Å². The number of nitrogens with two attached hydrogens (primary N) is 1. The molecule has 0 radical (unpaired) electrons. The SMILES string of the molecule is CCC[C@H](C)[C@H](N)C(=O)O. The van der Waals surface area contributed by atoms with E-state index >= 15 is 0 Å². The molecule has 0 amide bonds. The maximum Gasteiger partial charge on any atom is 0.320 e. The number of aliphatic carboxylic acids is 1. The predicted octanol–water partition coefficient (Wildman–Crippen LogP) is 0.834. The standard InChI is InChI=1S/C7H15NO2/c1-3-4-5(2)6(8)7(9)10/h5-6H,3-4,8H2,1-2H3,(H,9,10)/t5-,6-/m0/s1. The van der Waals surface area contributed by atoms with E-state index in [9.17, 15) is 4.79 Å². The Morgan fingerprint density at radius 3 is 2.50 bits per heavy atom. The smallest absolute Gasteiger partial charge is 0.320 e. The zero-order chi connectivity index (χ0) is 8.15. The van der Waals surface area contributed by atoms with Crippen LogP contribution in [0.5, 0.6) is 0 Å². The van der Waals surface area contributed by atoms with Gasteiger partial charge in [0, 0.05) is 0 Å². The molecular weight excluding hydrogens is 130 g/mol. The van der Waals surface area contributed by atoms with E-state index in [2.05, 4.69) is 0 Å². The Balaban J connectivity index is 3.69. The van der Waals surface area contributed by atoms with Crippen LogP contribution in [0, 0.1) is 5.92 Å². The zero-order valence-corrected chi connectivity index (χ0v) is 6.50. The van der Waals surface area contributed by atoms with Crippen molar-refractivity contribution in [3.05, 3.63) is 0 Å². The lowest BCUT2D eigenvalue weighted by Crippen LogP contribution is -2.36. The summed E-state index contributed by atoms with van der Waals surface area (Å²) in [4.78, 5) is 10.3. The van der Waals surface area contributed by atoms with Crippen LogP contribution in [-0.2, 0) is 4.79 Å². The lowest BCUT2D eigenvalue weighted by molar-refractivity contribution is -0.139. The van der Waals surface area contributed by atoms with Crippen molar-refractivity contribution in [1.82, 2.24) is 0 Å². The normalized spacial score (nSPS) is 16.3. The average molecular weight is 145 g/mol. The van der Waals surface area contributed by atoms with Crippen LogP contribution in [0.4, 0.5) is 0 Å². The topological polar surface area (TPSA) is 63.3 Å². The minimum absolute atomic E-state index is 0.0856. The third-order valence-electron chi connectivity index (χ3n) is 1.64. The van der Waals surface area contributed by atoms with E-state index in [0.717, 1.165) is 12.8 Å². The van der Waals surface area contributed by atoms with Gasteiger partial charge in [-0.1, -0.05) is 20.3 Å². The van der Waals surface area contributed by atoms with Crippen LogP contribution in [0.15, 0.2) is 0 Å². The highest BCUT2D eigenvalue weighted by atomic mass is 16.4. The van der Waals surface area contributed by atoms with E-state index < -0.39 is 12.0 Å². The molecule has 0 aliphatic heterocycles. The van der Waals surface area contributed by atoms with E-state index in [1.54, 1.807) is 0 Å². The van der Waals surface area contributed by atoms with Crippen molar-refractivity contribution in [1.29, 1.82) is 0 Å². The number of hydrogen-bond acceptors (Lipinski definition) is 2. The summed E-state index contributed by atoms with van der Waals surface area (Å²) in [6.07, 6.45) is 1.87. The molecule has 0 heterocycles. The number of carboxylic acids is 1. The highest BCUT2D eigenvalue weighted by molar-refractivity contribution is 5.73. The van der Waals surface area contributed by atoms with Crippen LogP contribution in [0.2, 0.25) is 0 Å². The van der Waals surface area contributed by atoms with Crippen molar-refractivity contribution < 1.29 is 9.90 Å². The van der Waals surface area contributed by atoms with E-state index in [0.29, 0.717) is 0 Å². The molecule has 0 aliphatic rings. The summed E-state index contributed by atoms with van der Waals surface area (Å²) < 4.78 is 0. The van der Waals surface area contributed by atoms with Crippen molar-refractivity contribution in [2.24, 2.45) is 11.7 Å². The molecule has 0 saturated carbocycles. The first kappa shape index (κ1) is 9.43. The third kappa shape index (κ3) is 2.82. The molecule has 0 aromatic heterocycles. The quantitative estimate of drug-likeness (QED) is 0.616. The molecule has 0 unspecified atom stereocenters. The number of carboxylic acid groups (broad SMARTS) is 1. The van der Waals surface area contributed by atoms with E-state index in [4.69, 9.17) is 10.8 Å². The molecule has 0 spiro atoms. The maximum atomic E-state index is 10.3. The molecule has 0 aromatic rings. The first-order valence-electron chi connectivity index (χ1n) is 3.58. The highest BCUT2D eigenvalue weighted by Gasteiger charge is 2.18. The summed E-state index contributed by atoms with van der Waals surface area (Å²) in [5.41, 5.74) is 5.35. The van der Waals surface area contributed by atoms with Crippen LogP contribution in [0.25, 0.3) is 0 Å². The maximum absolute atomic E-state index is 10.3. The number of rotatable bonds is 4. The first-order valence-corrected chi connectivity index (χ1v) is 3.58. The van der Waals surface area contributed by atoms with E-state index in [1.807, 2.05) is 13.8 Å². The molecule has 0 aromatic carbocycles. The molecule has 3 nitrogen and oxygen atoms in total. The van der Waals surface area contributed by atoms with Crippen molar-refractivity contribution in [2.75, 3.05) is 0 Å². The van der Waals surface area contributed by atoms with E-state index in [-0.39, 0.29) is 5.92 Å². The average Bonchev–Trinajstić information content (AvgIpc) is 1.87. The number of carbonyl (C=O) groups is 1. The van der Waals surface area contributed by atoms with Gasteiger partial charge < -0.3 is 10.8 Å². The molecule has 0 saturated heterocycles. The van der Waals surface area contributed by atoms with Crippen LogP contribution in [-0.4, -0.2) is 17.1 Å². The molecule has 0 fully saturated rings. The molecule has 3 N–H and O–H groups in total. The predicted molar refractivity (Wildman–Crippen MR) is 39.7 cm³/mol. The summed E-state index contributed by atoms with van der Waals surface area (Å²) in [6.45, 7) is 3.88. The Hall–Kier alpha value is -0.570. The van der Waals surface area contributed by atoms with Crippen molar-refractivity contribution in [3.8, 4) is 0 Å². The second-order valence-corrected chi connectivity index (χ2v) is 2.63. The van der Waals surface area contributed by atoms with Crippen molar-refractivity contribution >= 4 is 5.97 Å². The van der Waals surface area contributed by atoms with Crippen molar-refractivity contribution in [2.45, 2.75) is 32.7 Å². The fourth-order valence-electron chi connectivity index (χ4n) is 0.878. The second kappa shape index (κ2) is 4.28. The Labute approximate surface area is 61.2 Å². The lowest BCUT2D eigenvalue weighted by Gasteiger charge is -2.13. The largest absolute Gasteiger partial charge is 0.480 e. The summed E-state index contributed by atoms with van der Waals surface area (Å²) >= 11 is 0. The Kier molecular flexibility index (Phi) is 4.03. The Morgan fingerprint density at radius 2 is 2.20 bits per heavy atom. The summed E-state index contributed by atoms with van der Waals surface area (Å²) in [7, 11) is 0. The molecule has 10 heavy (non-hydrogen) atoms. The Bertz CT molecular complexity index is 114. The van der Waals surface area contributed by atoms with Gasteiger partial charge in [0.15, 0.2) is 0 Å². The minimum atomic E-state index is -0.902. The van der Waals surface area contributed by atoms with Crippen molar-refractivity contribution in [3.63, 3.8) is 0 Å². The molecule has 0 bridgehead atoms. The van der Waals surface area contributed by atoms with Gasteiger partial charge in [-0.2, -0.15) is 0 Å². The van der Waals surface area contributed by atoms with Gasteiger partial charge in [0.05, 0.1) is 0 Å². The molecular formula is C7H15NO2. The van der Waals surface area contributed by atoms with E-state index in [1.165, 1.54) is 0 Å². The Morgan fingerprint density at radius 1 is 1.70 bits per heavy atom. The zero-order valence-electron chi connectivity index (χ0n) is 6.50. The lowest BCUT2D eigenvalue weighted by atomic mass is 9.98. The van der Waals surface area contributed by atoms with Gasteiger partial charge in [0.1, 0.15) is 6.04 Å². The van der Waals surface area contributed by atoms with Crippen LogP contribution in [0.1, 0.15) is 26.7 Å². The van der Waals surface area contributed by atoms with Gasteiger partial charge >= 0.3 is 5.97 Å². The van der Waals surface area contributed by atoms with Gasteiger partial charge in [0.25, 0.3) is 0 Å². The van der Waals surface area contributed by atoms with Gasteiger partial charge in [0.2, 0.25) is 0 Å². The van der Waals surface area contributed by atoms with Crippen LogP contribution >= 0.6 is 0 Å². The minimum Gasteiger partial charge on any atom is -0.480 e. The monoisotopic (exact) mass is 145 g/mol.